The number of rotatable bonds is 4. The van der Waals surface area contributed by atoms with E-state index >= 15 is 0 Å². The summed E-state index contributed by atoms with van der Waals surface area (Å²) in [5, 5.41) is 3.20. The summed E-state index contributed by atoms with van der Waals surface area (Å²) in [6.45, 7) is 8.02. The zero-order valence-corrected chi connectivity index (χ0v) is 17.6. The minimum atomic E-state index is -0.347. The summed E-state index contributed by atoms with van der Waals surface area (Å²) in [6, 6.07) is 20.9. The highest BCUT2D eigenvalue weighted by Gasteiger charge is 2.40. The first-order valence-electron chi connectivity index (χ1n) is 9.97. The first kappa shape index (κ1) is 19.6. The highest BCUT2D eigenvalue weighted by atomic mass is 16.2. The van der Waals surface area contributed by atoms with E-state index in [0.717, 1.165) is 33.5 Å². The number of amides is 2. The Balaban J connectivity index is 1.85. The van der Waals surface area contributed by atoms with E-state index in [4.69, 9.17) is 0 Å². The third kappa shape index (κ3) is 3.41. The number of anilines is 2. The van der Waals surface area contributed by atoms with Gasteiger partial charge in [0.2, 0.25) is 0 Å². The van der Waals surface area contributed by atoms with Gasteiger partial charge in [-0.3, -0.25) is 9.59 Å². The lowest BCUT2D eigenvalue weighted by molar-refractivity contribution is -0.120. The van der Waals surface area contributed by atoms with Crippen LogP contribution in [0, 0.1) is 27.7 Å². The van der Waals surface area contributed by atoms with Gasteiger partial charge in [0.25, 0.3) is 11.8 Å². The van der Waals surface area contributed by atoms with Crippen LogP contribution in [0.1, 0.15) is 27.8 Å². The maximum atomic E-state index is 13.5. The van der Waals surface area contributed by atoms with Crippen LogP contribution in [0.5, 0.6) is 0 Å². The first-order valence-corrected chi connectivity index (χ1v) is 9.97. The molecular weight excluding hydrogens is 372 g/mol. The van der Waals surface area contributed by atoms with Crippen LogP contribution >= 0.6 is 0 Å². The van der Waals surface area contributed by atoms with Crippen LogP contribution in [0.3, 0.4) is 0 Å². The van der Waals surface area contributed by atoms with Crippen LogP contribution in [0.25, 0.3) is 5.57 Å². The van der Waals surface area contributed by atoms with Crippen molar-refractivity contribution in [3.8, 4) is 0 Å². The van der Waals surface area contributed by atoms with Crippen LogP contribution < -0.4 is 10.2 Å². The summed E-state index contributed by atoms with van der Waals surface area (Å²) < 4.78 is 0. The molecule has 0 aromatic heterocycles. The zero-order chi connectivity index (χ0) is 21.4. The van der Waals surface area contributed by atoms with Gasteiger partial charge < -0.3 is 5.32 Å². The maximum absolute atomic E-state index is 13.5. The average molecular weight is 396 g/mol. The summed E-state index contributed by atoms with van der Waals surface area (Å²) in [6.07, 6.45) is 0. The number of hydrogen-bond acceptors (Lipinski definition) is 3. The molecular formula is C26H24N2O2. The maximum Gasteiger partial charge on any atom is 0.282 e. The third-order valence-electron chi connectivity index (χ3n) is 5.67. The lowest BCUT2D eigenvalue weighted by Gasteiger charge is -2.17. The van der Waals surface area contributed by atoms with Crippen molar-refractivity contribution >= 4 is 28.8 Å². The van der Waals surface area contributed by atoms with E-state index in [1.165, 1.54) is 4.90 Å². The van der Waals surface area contributed by atoms with Crippen molar-refractivity contribution in [3.63, 3.8) is 0 Å². The molecule has 1 aliphatic rings. The molecule has 4 nitrogen and oxygen atoms in total. The third-order valence-corrected chi connectivity index (χ3v) is 5.67. The van der Waals surface area contributed by atoms with Gasteiger partial charge in [0.15, 0.2) is 0 Å². The Hall–Kier alpha value is -3.66. The van der Waals surface area contributed by atoms with E-state index in [0.29, 0.717) is 17.0 Å². The number of carbonyl (C=O) groups excluding carboxylic acids is 2. The number of benzene rings is 3. The molecule has 2 amide bonds. The van der Waals surface area contributed by atoms with Gasteiger partial charge in [-0.1, -0.05) is 42.5 Å². The molecule has 0 aliphatic carbocycles. The van der Waals surface area contributed by atoms with Gasteiger partial charge in [-0.05, 0) is 79.8 Å². The van der Waals surface area contributed by atoms with Gasteiger partial charge in [0.05, 0.1) is 11.3 Å². The molecule has 3 aromatic rings. The van der Waals surface area contributed by atoms with Crippen LogP contribution in [-0.4, -0.2) is 11.8 Å². The number of imide groups is 1. The summed E-state index contributed by atoms with van der Waals surface area (Å²) in [7, 11) is 0. The van der Waals surface area contributed by atoms with Gasteiger partial charge in [0, 0.05) is 5.69 Å². The highest BCUT2D eigenvalue weighted by molar-refractivity contribution is 6.46. The quantitative estimate of drug-likeness (QED) is 0.608. The van der Waals surface area contributed by atoms with E-state index in [2.05, 4.69) is 5.32 Å². The molecule has 0 spiro atoms. The molecule has 30 heavy (non-hydrogen) atoms. The van der Waals surface area contributed by atoms with Gasteiger partial charge in [0.1, 0.15) is 5.70 Å². The van der Waals surface area contributed by atoms with E-state index in [-0.39, 0.29) is 11.8 Å². The van der Waals surface area contributed by atoms with E-state index < -0.39 is 0 Å². The smallest absolute Gasteiger partial charge is 0.282 e. The number of hydrogen-bond donors (Lipinski definition) is 1. The van der Waals surface area contributed by atoms with Crippen molar-refractivity contribution in [2.24, 2.45) is 0 Å². The fourth-order valence-corrected chi connectivity index (χ4v) is 3.58. The highest BCUT2D eigenvalue weighted by Crippen LogP contribution is 2.35. The molecule has 150 valence electrons. The van der Waals surface area contributed by atoms with Crippen LogP contribution in [-0.2, 0) is 9.59 Å². The summed E-state index contributed by atoms with van der Waals surface area (Å²) in [5.41, 5.74) is 7.13. The SMILES string of the molecule is Cc1ccc(C2=C(Nc3ccccc3)C(=O)N(c3ccc(C)c(C)c3)C2=O)cc1C. The van der Waals surface area contributed by atoms with Gasteiger partial charge in [-0.25, -0.2) is 4.90 Å². The topological polar surface area (TPSA) is 49.4 Å². The molecule has 1 heterocycles. The van der Waals surface area contributed by atoms with Crippen molar-refractivity contribution in [2.45, 2.75) is 27.7 Å². The van der Waals surface area contributed by atoms with E-state index in [1.807, 2.05) is 94.4 Å². The molecule has 0 unspecified atom stereocenters. The van der Waals surface area contributed by atoms with E-state index in [9.17, 15) is 9.59 Å². The molecule has 4 rings (SSSR count). The Morgan fingerprint density at radius 1 is 0.667 bits per heavy atom. The molecule has 0 radical (unpaired) electrons. The second-order valence-corrected chi connectivity index (χ2v) is 7.75. The Labute approximate surface area is 176 Å². The molecule has 0 saturated heterocycles. The van der Waals surface area contributed by atoms with Gasteiger partial charge >= 0.3 is 0 Å². The van der Waals surface area contributed by atoms with Gasteiger partial charge in [-0.15, -0.1) is 0 Å². The summed E-state index contributed by atoms with van der Waals surface area (Å²) in [4.78, 5) is 28.2. The van der Waals surface area contributed by atoms with Crippen LogP contribution in [0.2, 0.25) is 0 Å². The fraction of sp³-hybridized carbons (Fsp3) is 0.154. The summed E-state index contributed by atoms with van der Waals surface area (Å²) >= 11 is 0. The Kier molecular flexibility index (Phi) is 5.00. The summed E-state index contributed by atoms with van der Waals surface area (Å²) in [5.74, 6) is -0.662. The number of para-hydroxylation sites is 1. The molecule has 0 fully saturated rings. The second kappa shape index (κ2) is 7.64. The Morgan fingerprint density at radius 3 is 1.93 bits per heavy atom. The van der Waals surface area contributed by atoms with Crippen molar-refractivity contribution in [1.82, 2.24) is 0 Å². The van der Waals surface area contributed by atoms with Crippen molar-refractivity contribution in [1.29, 1.82) is 0 Å². The number of nitrogens with zero attached hydrogens (tertiary/aromatic N) is 1. The van der Waals surface area contributed by atoms with Gasteiger partial charge in [-0.2, -0.15) is 0 Å². The monoisotopic (exact) mass is 396 g/mol. The predicted octanol–water partition coefficient (Wildman–Crippen LogP) is 5.32. The average Bonchev–Trinajstić information content (AvgIpc) is 2.97. The normalized spacial score (nSPS) is 13.9. The predicted molar refractivity (Wildman–Crippen MR) is 121 cm³/mol. The van der Waals surface area contributed by atoms with Crippen LogP contribution in [0.15, 0.2) is 72.4 Å². The van der Waals surface area contributed by atoms with Crippen LogP contribution in [0.4, 0.5) is 11.4 Å². The van der Waals surface area contributed by atoms with Crippen molar-refractivity contribution < 1.29 is 9.59 Å². The zero-order valence-electron chi connectivity index (χ0n) is 17.6. The lowest BCUT2D eigenvalue weighted by atomic mass is 9.99. The minimum absolute atomic E-state index is 0.299. The molecule has 1 N–H and O–H groups in total. The number of nitrogens with one attached hydrogen (secondary N) is 1. The Morgan fingerprint density at radius 2 is 1.30 bits per heavy atom. The standard InChI is InChI=1S/C26H24N2O2/c1-16-10-12-20(14-18(16)3)23-24(27-21-8-6-5-7-9-21)26(30)28(25(23)29)22-13-11-17(2)19(4)15-22/h5-15,27H,1-4H3. The first-order chi connectivity index (χ1) is 14.4. The van der Waals surface area contributed by atoms with E-state index in [1.54, 1.807) is 0 Å². The number of aryl methyl sites for hydroxylation is 4. The molecule has 3 aromatic carbocycles. The molecule has 0 atom stereocenters. The second-order valence-electron chi connectivity index (χ2n) is 7.75. The minimum Gasteiger partial charge on any atom is -0.350 e. The Bertz CT molecular complexity index is 1190. The van der Waals surface area contributed by atoms with Crippen molar-refractivity contribution in [3.05, 3.63) is 100 Å². The largest absolute Gasteiger partial charge is 0.350 e. The van der Waals surface area contributed by atoms with Crippen molar-refractivity contribution in [2.75, 3.05) is 10.2 Å². The molecule has 0 bridgehead atoms. The fourth-order valence-electron chi connectivity index (χ4n) is 3.58. The molecule has 4 heteroatoms. The number of carbonyl (C=O) groups is 2. The lowest BCUT2D eigenvalue weighted by Crippen LogP contribution is -2.32. The molecule has 0 saturated carbocycles. The molecule has 1 aliphatic heterocycles.